The van der Waals surface area contributed by atoms with Crippen LogP contribution >= 0.6 is 0 Å². The van der Waals surface area contributed by atoms with Crippen molar-refractivity contribution >= 4 is 16.9 Å². The lowest BCUT2D eigenvalue weighted by molar-refractivity contribution is -0.123. The van der Waals surface area contributed by atoms with Gasteiger partial charge in [0.2, 0.25) is 5.91 Å². The summed E-state index contributed by atoms with van der Waals surface area (Å²) in [5.74, 6) is -0.356. The molecule has 1 saturated heterocycles. The molecule has 152 valence electrons. The maximum absolute atomic E-state index is 13.4. The average molecular weight is 395 g/mol. The lowest BCUT2D eigenvalue weighted by Crippen LogP contribution is -2.45. The van der Waals surface area contributed by atoms with Gasteiger partial charge in [-0.3, -0.25) is 10.2 Å². The number of hydrazine groups is 1. The predicted octanol–water partition coefficient (Wildman–Crippen LogP) is 3.07. The Bertz CT molecular complexity index is 971. The Balaban J connectivity index is 1.54. The molecule has 4 rings (SSSR count). The highest BCUT2D eigenvalue weighted by atomic mass is 19.1. The normalized spacial score (nSPS) is 20.1. The minimum Gasteiger partial charge on any atom is -0.346 e. The van der Waals surface area contributed by atoms with E-state index in [2.05, 4.69) is 28.1 Å². The number of para-hydroxylation sites is 2. The smallest absolute Gasteiger partial charge is 0.239 e. The maximum atomic E-state index is 13.4. The molecule has 3 N–H and O–H groups in total. The molecule has 1 aliphatic heterocycles. The van der Waals surface area contributed by atoms with Crippen molar-refractivity contribution in [1.29, 1.82) is 0 Å². The molecule has 0 bridgehead atoms. The second-order valence-corrected chi connectivity index (χ2v) is 7.56. The maximum Gasteiger partial charge on any atom is 0.239 e. The molecule has 1 amide bonds. The zero-order valence-corrected chi connectivity index (χ0v) is 16.4. The topological polar surface area (TPSA) is 71.0 Å². The Hall–Kier alpha value is -2.77. The Labute approximate surface area is 169 Å². The van der Waals surface area contributed by atoms with Crippen LogP contribution in [0.1, 0.15) is 37.8 Å². The van der Waals surface area contributed by atoms with Crippen LogP contribution in [-0.4, -0.2) is 27.5 Å². The number of imidazole rings is 1. The van der Waals surface area contributed by atoms with Gasteiger partial charge >= 0.3 is 0 Å². The van der Waals surface area contributed by atoms with Gasteiger partial charge in [0.15, 0.2) is 0 Å². The molecule has 1 aromatic heterocycles. The third kappa shape index (κ3) is 4.46. The van der Waals surface area contributed by atoms with Crippen LogP contribution in [0.4, 0.5) is 4.39 Å². The fraction of sp³-hybridized carbons (Fsp3) is 0.364. The minimum absolute atomic E-state index is 0.0603. The molecule has 2 heterocycles. The fourth-order valence-corrected chi connectivity index (χ4v) is 3.89. The predicted molar refractivity (Wildman–Crippen MR) is 110 cm³/mol. The number of hydrogen-bond donors (Lipinski definition) is 3. The summed E-state index contributed by atoms with van der Waals surface area (Å²) in [5.41, 5.74) is 9.06. The molecule has 1 fully saturated rings. The monoisotopic (exact) mass is 395 g/mol. The molecule has 0 saturated carbocycles. The Morgan fingerprint density at radius 2 is 2.03 bits per heavy atom. The molecule has 2 aromatic carbocycles. The lowest BCUT2D eigenvalue weighted by atomic mass is 10.0. The van der Waals surface area contributed by atoms with Gasteiger partial charge in [-0.25, -0.2) is 14.8 Å². The molecule has 3 atom stereocenters. The van der Waals surface area contributed by atoms with Crippen LogP contribution in [0.2, 0.25) is 0 Å². The Morgan fingerprint density at radius 3 is 2.83 bits per heavy atom. The van der Waals surface area contributed by atoms with E-state index in [-0.39, 0.29) is 23.8 Å². The molecule has 3 unspecified atom stereocenters. The van der Waals surface area contributed by atoms with Crippen molar-refractivity contribution in [3.8, 4) is 0 Å². The summed E-state index contributed by atoms with van der Waals surface area (Å²) in [6.45, 7) is 2.64. The van der Waals surface area contributed by atoms with Crippen molar-refractivity contribution in [1.82, 2.24) is 25.7 Å². The van der Waals surface area contributed by atoms with E-state index in [4.69, 9.17) is 0 Å². The van der Waals surface area contributed by atoms with Crippen LogP contribution in [-0.2, 0) is 11.3 Å². The van der Waals surface area contributed by atoms with Gasteiger partial charge in [-0.2, -0.15) is 0 Å². The van der Waals surface area contributed by atoms with E-state index in [0.29, 0.717) is 12.6 Å². The van der Waals surface area contributed by atoms with Gasteiger partial charge in [-0.05, 0) is 42.7 Å². The van der Waals surface area contributed by atoms with Crippen molar-refractivity contribution in [2.75, 3.05) is 0 Å². The standard InChI is InChI=1S/C22H26FN5O/c1-2-5-17-12-19(27-26-17)22(29)25-20(15-8-10-16(23)11-9-15)13-28-14-24-18-6-3-4-7-21(18)28/h3-4,6-11,14,17,19-20,26-27H,2,5,12-13H2,1H3,(H,25,29). The minimum atomic E-state index is -0.298. The van der Waals surface area contributed by atoms with Crippen LogP contribution in [0.5, 0.6) is 0 Å². The molecule has 0 spiro atoms. The summed E-state index contributed by atoms with van der Waals surface area (Å²) in [6.07, 6.45) is 4.63. The molecule has 0 radical (unpaired) electrons. The van der Waals surface area contributed by atoms with Gasteiger partial charge in [0, 0.05) is 12.6 Å². The zero-order chi connectivity index (χ0) is 20.2. The number of benzene rings is 2. The first-order valence-corrected chi connectivity index (χ1v) is 10.1. The highest BCUT2D eigenvalue weighted by molar-refractivity contribution is 5.82. The second-order valence-electron chi connectivity index (χ2n) is 7.56. The molecular formula is C22H26FN5O. The molecule has 7 heteroatoms. The first-order valence-electron chi connectivity index (χ1n) is 10.1. The molecule has 3 aromatic rings. The average Bonchev–Trinajstić information content (AvgIpc) is 3.36. The fourth-order valence-electron chi connectivity index (χ4n) is 3.89. The van der Waals surface area contributed by atoms with Gasteiger partial charge in [0.25, 0.3) is 0 Å². The van der Waals surface area contributed by atoms with Crippen molar-refractivity contribution in [2.24, 2.45) is 0 Å². The summed E-state index contributed by atoms with van der Waals surface area (Å²) in [5, 5.41) is 3.15. The number of fused-ring (bicyclic) bond motifs is 1. The molecular weight excluding hydrogens is 369 g/mol. The first-order chi connectivity index (χ1) is 14.1. The number of nitrogens with one attached hydrogen (secondary N) is 3. The summed E-state index contributed by atoms with van der Waals surface area (Å²) in [6, 6.07) is 13.9. The van der Waals surface area contributed by atoms with E-state index in [1.807, 2.05) is 28.8 Å². The molecule has 1 aliphatic rings. The number of amides is 1. The lowest BCUT2D eigenvalue weighted by Gasteiger charge is -2.22. The third-order valence-corrected chi connectivity index (χ3v) is 5.43. The van der Waals surface area contributed by atoms with Gasteiger partial charge in [0.1, 0.15) is 11.9 Å². The van der Waals surface area contributed by atoms with Gasteiger partial charge in [0.05, 0.1) is 23.4 Å². The van der Waals surface area contributed by atoms with E-state index in [1.165, 1.54) is 12.1 Å². The SMILES string of the molecule is CCCC1CC(C(=O)NC(Cn2cnc3ccccc32)c2ccc(F)cc2)NN1. The number of nitrogens with zero attached hydrogens (tertiary/aromatic N) is 2. The summed E-state index contributed by atoms with van der Waals surface area (Å²) in [7, 11) is 0. The van der Waals surface area contributed by atoms with Gasteiger partial charge < -0.3 is 9.88 Å². The highest BCUT2D eigenvalue weighted by Gasteiger charge is 2.30. The third-order valence-electron chi connectivity index (χ3n) is 5.43. The number of carbonyl (C=O) groups is 1. The van der Waals surface area contributed by atoms with E-state index >= 15 is 0 Å². The van der Waals surface area contributed by atoms with Crippen molar-refractivity contribution in [3.05, 3.63) is 66.2 Å². The second kappa shape index (κ2) is 8.71. The van der Waals surface area contributed by atoms with Crippen LogP contribution in [0, 0.1) is 5.82 Å². The summed E-state index contributed by atoms with van der Waals surface area (Å²) < 4.78 is 15.5. The van der Waals surface area contributed by atoms with Gasteiger partial charge in [-0.15, -0.1) is 0 Å². The number of aromatic nitrogens is 2. The van der Waals surface area contributed by atoms with Crippen molar-refractivity contribution in [2.45, 2.75) is 50.9 Å². The summed E-state index contributed by atoms with van der Waals surface area (Å²) >= 11 is 0. The first kappa shape index (κ1) is 19.5. The van der Waals surface area contributed by atoms with E-state index < -0.39 is 0 Å². The molecule has 6 nitrogen and oxygen atoms in total. The van der Waals surface area contributed by atoms with Crippen LogP contribution in [0.25, 0.3) is 11.0 Å². The Kier molecular flexibility index (Phi) is 5.87. The van der Waals surface area contributed by atoms with Crippen LogP contribution in [0.15, 0.2) is 54.9 Å². The van der Waals surface area contributed by atoms with E-state index in [1.54, 1.807) is 18.5 Å². The number of carbonyl (C=O) groups excluding carboxylic acids is 1. The zero-order valence-electron chi connectivity index (χ0n) is 16.4. The van der Waals surface area contributed by atoms with Crippen LogP contribution < -0.4 is 16.2 Å². The molecule has 0 aliphatic carbocycles. The quantitative estimate of drug-likeness (QED) is 0.575. The largest absolute Gasteiger partial charge is 0.346 e. The van der Waals surface area contributed by atoms with Crippen molar-refractivity contribution in [3.63, 3.8) is 0 Å². The van der Waals surface area contributed by atoms with E-state index in [0.717, 1.165) is 35.9 Å². The van der Waals surface area contributed by atoms with Crippen LogP contribution in [0.3, 0.4) is 0 Å². The Morgan fingerprint density at radius 1 is 1.24 bits per heavy atom. The highest BCUT2D eigenvalue weighted by Crippen LogP contribution is 2.21. The number of rotatable bonds is 7. The molecule has 29 heavy (non-hydrogen) atoms. The van der Waals surface area contributed by atoms with Crippen molar-refractivity contribution < 1.29 is 9.18 Å². The van der Waals surface area contributed by atoms with Gasteiger partial charge in [-0.1, -0.05) is 37.6 Å². The number of hydrogen-bond acceptors (Lipinski definition) is 4. The number of halogens is 1. The summed E-state index contributed by atoms with van der Waals surface area (Å²) in [4.78, 5) is 17.4. The van der Waals surface area contributed by atoms with E-state index in [9.17, 15) is 9.18 Å².